The van der Waals surface area contributed by atoms with Gasteiger partial charge < -0.3 is 4.74 Å². The molecular weight excluding hydrogens is 284 g/mol. The second kappa shape index (κ2) is 7.99. The van der Waals surface area contributed by atoms with E-state index in [1.54, 1.807) is 0 Å². The van der Waals surface area contributed by atoms with E-state index in [1.165, 1.54) is 62.5 Å². The van der Waals surface area contributed by atoms with Crippen molar-refractivity contribution in [3.05, 3.63) is 29.3 Å². The molecule has 2 aliphatic carbocycles. The standard InChI is InChI=1S/C21H30O2/c1-2-3-6-16-9-11-18(12-10-16)21(22)23-20-14-13-17-7-4-5-8-19(17)15-20/h13-16,18H,2-12H2,1H3. The Morgan fingerprint density at radius 2 is 1.83 bits per heavy atom. The minimum Gasteiger partial charge on any atom is -0.426 e. The molecule has 1 saturated carbocycles. The Labute approximate surface area is 140 Å². The van der Waals surface area contributed by atoms with Crippen molar-refractivity contribution in [1.82, 2.24) is 0 Å². The summed E-state index contributed by atoms with van der Waals surface area (Å²) in [7, 11) is 0. The summed E-state index contributed by atoms with van der Waals surface area (Å²) in [4.78, 5) is 12.4. The lowest BCUT2D eigenvalue weighted by molar-refractivity contribution is -0.140. The highest BCUT2D eigenvalue weighted by molar-refractivity contribution is 5.75. The van der Waals surface area contributed by atoms with E-state index in [9.17, 15) is 4.79 Å². The first-order valence-electron chi connectivity index (χ1n) is 9.59. The molecule has 0 bridgehead atoms. The van der Waals surface area contributed by atoms with Gasteiger partial charge in [-0.2, -0.15) is 0 Å². The summed E-state index contributed by atoms with van der Waals surface area (Å²) in [5.41, 5.74) is 2.82. The molecule has 0 amide bonds. The minimum atomic E-state index is -0.00491. The van der Waals surface area contributed by atoms with Crippen molar-refractivity contribution in [2.45, 2.75) is 77.6 Å². The van der Waals surface area contributed by atoms with Gasteiger partial charge in [-0.05, 0) is 80.5 Å². The molecule has 0 spiro atoms. The lowest BCUT2D eigenvalue weighted by Crippen LogP contribution is -2.25. The molecule has 2 nitrogen and oxygen atoms in total. The average Bonchev–Trinajstić information content (AvgIpc) is 2.60. The number of benzene rings is 1. The number of fused-ring (bicyclic) bond motifs is 1. The molecule has 1 aromatic carbocycles. The highest BCUT2D eigenvalue weighted by atomic mass is 16.5. The first-order chi connectivity index (χ1) is 11.3. The second-order valence-corrected chi connectivity index (χ2v) is 7.42. The first-order valence-corrected chi connectivity index (χ1v) is 9.59. The van der Waals surface area contributed by atoms with Crippen molar-refractivity contribution in [2.24, 2.45) is 11.8 Å². The van der Waals surface area contributed by atoms with Crippen molar-refractivity contribution in [3.8, 4) is 5.75 Å². The molecule has 0 saturated heterocycles. The van der Waals surface area contributed by atoms with E-state index >= 15 is 0 Å². The van der Waals surface area contributed by atoms with Gasteiger partial charge in [0.2, 0.25) is 0 Å². The molecule has 0 aliphatic heterocycles. The number of carbonyl (C=O) groups is 1. The largest absolute Gasteiger partial charge is 0.426 e. The summed E-state index contributed by atoms with van der Waals surface area (Å²) < 4.78 is 5.70. The summed E-state index contributed by atoms with van der Waals surface area (Å²) in [6.45, 7) is 2.25. The lowest BCUT2D eigenvalue weighted by Gasteiger charge is -2.27. The van der Waals surface area contributed by atoms with Gasteiger partial charge in [-0.3, -0.25) is 4.79 Å². The van der Waals surface area contributed by atoms with Gasteiger partial charge in [-0.15, -0.1) is 0 Å². The van der Waals surface area contributed by atoms with E-state index in [1.807, 2.05) is 6.07 Å². The van der Waals surface area contributed by atoms with Crippen LogP contribution in [0.25, 0.3) is 0 Å². The van der Waals surface area contributed by atoms with Crippen LogP contribution in [0.1, 0.15) is 75.8 Å². The van der Waals surface area contributed by atoms with Gasteiger partial charge in [0.05, 0.1) is 5.92 Å². The summed E-state index contributed by atoms with van der Waals surface area (Å²) in [6.07, 6.45) is 13.2. The lowest BCUT2D eigenvalue weighted by atomic mass is 9.80. The molecule has 1 aromatic rings. The molecule has 0 aromatic heterocycles. The number of hydrogen-bond donors (Lipinski definition) is 0. The van der Waals surface area contributed by atoms with E-state index in [4.69, 9.17) is 4.74 Å². The third-order valence-corrected chi connectivity index (χ3v) is 5.68. The zero-order valence-corrected chi connectivity index (χ0v) is 14.5. The maximum Gasteiger partial charge on any atom is 0.314 e. The quantitative estimate of drug-likeness (QED) is 0.532. The highest BCUT2D eigenvalue weighted by Gasteiger charge is 2.27. The molecular formula is C21H30O2. The Hall–Kier alpha value is -1.31. The molecule has 2 aliphatic rings. The van der Waals surface area contributed by atoms with Crippen molar-refractivity contribution in [1.29, 1.82) is 0 Å². The molecule has 0 heterocycles. The number of unbranched alkanes of at least 4 members (excludes halogenated alkanes) is 1. The van der Waals surface area contributed by atoms with Gasteiger partial charge in [-0.25, -0.2) is 0 Å². The number of aryl methyl sites for hydroxylation is 2. The summed E-state index contributed by atoms with van der Waals surface area (Å²) in [5, 5.41) is 0. The Morgan fingerprint density at radius 1 is 1.09 bits per heavy atom. The molecule has 2 heteroatoms. The summed E-state index contributed by atoms with van der Waals surface area (Å²) in [6, 6.07) is 6.23. The average molecular weight is 314 g/mol. The molecule has 0 unspecified atom stereocenters. The van der Waals surface area contributed by atoms with E-state index in [2.05, 4.69) is 19.1 Å². The number of carbonyl (C=O) groups excluding carboxylic acids is 1. The van der Waals surface area contributed by atoms with Crippen molar-refractivity contribution in [2.75, 3.05) is 0 Å². The number of ether oxygens (including phenoxy) is 1. The van der Waals surface area contributed by atoms with E-state index < -0.39 is 0 Å². The molecule has 126 valence electrons. The van der Waals surface area contributed by atoms with Gasteiger partial charge in [0, 0.05) is 0 Å². The number of hydrogen-bond acceptors (Lipinski definition) is 2. The Balaban J connectivity index is 1.52. The topological polar surface area (TPSA) is 26.3 Å². The molecule has 0 radical (unpaired) electrons. The van der Waals surface area contributed by atoms with Crippen LogP contribution in [0.15, 0.2) is 18.2 Å². The van der Waals surface area contributed by atoms with Crippen LogP contribution in [-0.2, 0) is 17.6 Å². The third-order valence-electron chi connectivity index (χ3n) is 5.68. The van der Waals surface area contributed by atoms with Gasteiger partial charge in [0.25, 0.3) is 0 Å². The van der Waals surface area contributed by atoms with Crippen LogP contribution in [0.5, 0.6) is 5.75 Å². The maximum absolute atomic E-state index is 12.4. The fraction of sp³-hybridized carbons (Fsp3) is 0.667. The maximum atomic E-state index is 12.4. The Bertz CT molecular complexity index is 527. The zero-order chi connectivity index (χ0) is 16.1. The van der Waals surface area contributed by atoms with E-state index in [0.717, 1.165) is 30.9 Å². The smallest absolute Gasteiger partial charge is 0.314 e. The predicted molar refractivity (Wildman–Crippen MR) is 93.7 cm³/mol. The fourth-order valence-electron chi connectivity index (χ4n) is 4.15. The van der Waals surface area contributed by atoms with Gasteiger partial charge in [-0.1, -0.05) is 32.3 Å². The molecule has 0 atom stereocenters. The van der Waals surface area contributed by atoms with E-state index in [0.29, 0.717) is 0 Å². The Kier molecular flexibility index (Phi) is 5.75. The van der Waals surface area contributed by atoms with Crippen LogP contribution >= 0.6 is 0 Å². The Morgan fingerprint density at radius 3 is 2.57 bits per heavy atom. The summed E-state index contributed by atoms with van der Waals surface area (Å²) >= 11 is 0. The molecule has 0 N–H and O–H groups in total. The monoisotopic (exact) mass is 314 g/mol. The van der Waals surface area contributed by atoms with Crippen LogP contribution in [0.3, 0.4) is 0 Å². The van der Waals surface area contributed by atoms with Crippen LogP contribution in [-0.4, -0.2) is 5.97 Å². The van der Waals surface area contributed by atoms with Crippen LogP contribution in [0.2, 0.25) is 0 Å². The molecule has 3 rings (SSSR count). The van der Waals surface area contributed by atoms with Crippen molar-refractivity contribution < 1.29 is 9.53 Å². The highest BCUT2D eigenvalue weighted by Crippen LogP contribution is 2.33. The summed E-state index contributed by atoms with van der Waals surface area (Å²) in [5.74, 6) is 1.70. The normalized spacial score (nSPS) is 24.0. The molecule has 23 heavy (non-hydrogen) atoms. The first kappa shape index (κ1) is 16.5. The second-order valence-electron chi connectivity index (χ2n) is 7.42. The number of rotatable bonds is 5. The van der Waals surface area contributed by atoms with Gasteiger partial charge >= 0.3 is 5.97 Å². The predicted octanol–water partition coefficient (Wildman–Crippen LogP) is 5.47. The van der Waals surface area contributed by atoms with Crippen LogP contribution in [0, 0.1) is 11.8 Å². The van der Waals surface area contributed by atoms with Crippen LogP contribution in [0.4, 0.5) is 0 Å². The number of esters is 1. The van der Waals surface area contributed by atoms with Crippen molar-refractivity contribution >= 4 is 5.97 Å². The fourth-order valence-corrected chi connectivity index (χ4v) is 4.15. The minimum absolute atomic E-state index is 0.00491. The van der Waals surface area contributed by atoms with Gasteiger partial charge in [0.15, 0.2) is 0 Å². The zero-order valence-electron chi connectivity index (χ0n) is 14.5. The molecule has 1 fully saturated rings. The van der Waals surface area contributed by atoms with Gasteiger partial charge in [0.1, 0.15) is 5.75 Å². The third kappa shape index (κ3) is 4.37. The SMILES string of the molecule is CCCCC1CCC(C(=O)Oc2ccc3c(c2)CCCC3)CC1. The van der Waals surface area contributed by atoms with Crippen molar-refractivity contribution in [3.63, 3.8) is 0 Å². The van der Waals surface area contributed by atoms with Crippen LogP contribution < -0.4 is 4.74 Å². The van der Waals surface area contributed by atoms with E-state index in [-0.39, 0.29) is 11.9 Å².